The highest BCUT2D eigenvalue weighted by Gasteiger charge is 2.09. The van der Waals surface area contributed by atoms with Gasteiger partial charge in [0.25, 0.3) is 0 Å². The number of nitriles is 1. The zero-order valence-corrected chi connectivity index (χ0v) is 18.0. The third-order valence-electron chi connectivity index (χ3n) is 4.58. The van der Waals surface area contributed by atoms with Gasteiger partial charge in [-0.25, -0.2) is 4.98 Å². The summed E-state index contributed by atoms with van der Waals surface area (Å²) >= 11 is 0. The smallest absolute Gasteiger partial charge is 0.247 e. The Kier molecular flexibility index (Phi) is 6.77. The summed E-state index contributed by atoms with van der Waals surface area (Å²) in [6.45, 7) is 3.44. The van der Waals surface area contributed by atoms with Crippen LogP contribution in [-0.4, -0.2) is 15.9 Å². The number of hydrogen-bond donors (Lipinski definition) is 3. The fraction of sp³-hybridized carbons (Fsp3) is 0. The maximum atomic E-state index is 11.5. The van der Waals surface area contributed by atoms with E-state index in [0.717, 1.165) is 11.4 Å². The Labute approximate surface area is 196 Å². The van der Waals surface area contributed by atoms with Crippen LogP contribution in [0.15, 0.2) is 97.7 Å². The summed E-state index contributed by atoms with van der Waals surface area (Å²) in [5, 5.41) is 18.4. The Bertz CT molecular complexity index is 1350. The maximum Gasteiger partial charge on any atom is 0.247 e. The molecule has 166 valence electrons. The van der Waals surface area contributed by atoms with Crippen molar-refractivity contribution in [3.05, 3.63) is 103 Å². The largest absolute Gasteiger partial charge is 0.457 e. The highest BCUT2D eigenvalue weighted by atomic mass is 16.5. The lowest BCUT2D eigenvalue weighted by Crippen LogP contribution is -2.07. The van der Waals surface area contributed by atoms with E-state index in [4.69, 9.17) is 4.74 Å². The van der Waals surface area contributed by atoms with Gasteiger partial charge in [-0.2, -0.15) is 10.2 Å². The van der Waals surface area contributed by atoms with Gasteiger partial charge in [0.1, 0.15) is 23.1 Å². The molecule has 0 aliphatic heterocycles. The predicted octanol–water partition coefficient (Wildman–Crippen LogP) is 5.75. The van der Waals surface area contributed by atoms with E-state index in [0.29, 0.717) is 28.5 Å². The van der Waals surface area contributed by atoms with Crippen LogP contribution < -0.4 is 20.7 Å². The lowest BCUT2D eigenvalue weighted by atomic mass is 10.2. The summed E-state index contributed by atoms with van der Waals surface area (Å²) in [5.74, 6) is 1.77. The van der Waals surface area contributed by atoms with Gasteiger partial charge in [0.15, 0.2) is 5.82 Å². The first-order valence-electron chi connectivity index (χ1n) is 10.3. The van der Waals surface area contributed by atoms with Gasteiger partial charge in [0.2, 0.25) is 11.9 Å². The molecule has 1 heterocycles. The van der Waals surface area contributed by atoms with Crippen LogP contribution in [0.25, 0.3) is 0 Å². The standard InChI is InChI=1S/C26H20N6O2/c1-2-24(33)29-20-7-6-8-21(15-20)31-26-28-17-18(16-27)25(32-26)30-19-11-13-23(14-12-19)34-22-9-4-3-5-10-22/h2-15,17H,1H2,(H,29,33)(H2,28,30,31,32). The zero-order chi connectivity index (χ0) is 23.8. The molecule has 0 aliphatic rings. The lowest BCUT2D eigenvalue weighted by molar-refractivity contribution is -0.111. The predicted molar refractivity (Wildman–Crippen MR) is 132 cm³/mol. The number of amides is 1. The van der Waals surface area contributed by atoms with Crippen molar-refractivity contribution in [3.63, 3.8) is 0 Å². The number of carbonyl (C=O) groups excluding carboxylic acids is 1. The molecule has 3 N–H and O–H groups in total. The van der Waals surface area contributed by atoms with E-state index in [1.165, 1.54) is 12.3 Å². The van der Waals surface area contributed by atoms with E-state index in [1.54, 1.807) is 18.2 Å². The minimum Gasteiger partial charge on any atom is -0.457 e. The number of nitrogens with one attached hydrogen (secondary N) is 3. The third-order valence-corrected chi connectivity index (χ3v) is 4.58. The quantitative estimate of drug-likeness (QED) is 0.294. The van der Waals surface area contributed by atoms with Crippen molar-refractivity contribution >= 4 is 34.7 Å². The first kappa shape index (κ1) is 22.0. The summed E-state index contributed by atoms with van der Waals surface area (Å²) in [7, 11) is 0. The van der Waals surface area contributed by atoms with Crippen LogP contribution in [0.5, 0.6) is 11.5 Å². The summed E-state index contributed by atoms with van der Waals surface area (Å²) in [6, 6.07) is 26.0. The SMILES string of the molecule is C=CC(=O)Nc1cccc(Nc2ncc(C#N)c(Nc3ccc(Oc4ccccc4)cc3)n2)c1. The van der Waals surface area contributed by atoms with Crippen LogP contribution in [0.1, 0.15) is 5.56 Å². The van der Waals surface area contributed by atoms with Crippen molar-refractivity contribution in [2.24, 2.45) is 0 Å². The molecule has 0 bridgehead atoms. The van der Waals surface area contributed by atoms with Gasteiger partial charge in [0.05, 0.1) is 6.20 Å². The van der Waals surface area contributed by atoms with Crippen LogP contribution >= 0.6 is 0 Å². The minimum absolute atomic E-state index is 0.290. The second-order valence-corrected chi connectivity index (χ2v) is 7.03. The van der Waals surface area contributed by atoms with Crippen molar-refractivity contribution < 1.29 is 9.53 Å². The van der Waals surface area contributed by atoms with E-state index in [9.17, 15) is 10.1 Å². The minimum atomic E-state index is -0.307. The van der Waals surface area contributed by atoms with Crippen molar-refractivity contribution in [3.8, 4) is 17.6 Å². The second-order valence-electron chi connectivity index (χ2n) is 7.03. The Balaban J connectivity index is 1.49. The average molecular weight is 448 g/mol. The van der Waals surface area contributed by atoms with Crippen molar-refractivity contribution in [1.82, 2.24) is 9.97 Å². The van der Waals surface area contributed by atoms with Crippen LogP contribution in [0.2, 0.25) is 0 Å². The van der Waals surface area contributed by atoms with Crippen LogP contribution in [-0.2, 0) is 4.79 Å². The molecular weight excluding hydrogens is 428 g/mol. The highest BCUT2D eigenvalue weighted by molar-refractivity contribution is 5.99. The molecular formula is C26H20N6O2. The molecule has 0 aliphatic carbocycles. The molecule has 0 atom stereocenters. The van der Waals surface area contributed by atoms with Crippen LogP contribution in [0.3, 0.4) is 0 Å². The average Bonchev–Trinajstić information content (AvgIpc) is 2.86. The molecule has 0 fully saturated rings. The second kappa shape index (κ2) is 10.4. The van der Waals surface area contributed by atoms with Gasteiger partial charge in [-0.3, -0.25) is 4.79 Å². The van der Waals surface area contributed by atoms with E-state index >= 15 is 0 Å². The first-order chi connectivity index (χ1) is 16.6. The summed E-state index contributed by atoms with van der Waals surface area (Å²) in [6.07, 6.45) is 2.63. The van der Waals surface area contributed by atoms with E-state index in [-0.39, 0.29) is 11.9 Å². The number of carbonyl (C=O) groups is 1. The Morgan fingerprint density at radius 2 is 1.65 bits per heavy atom. The van der Waals surface area contributed by atoms with Gasteiger partial charge >= 0.3 is 0 Å². The lowest BCUT2D eigenvalue weighted by Gasteiger charge is -2.11. The van der Waals surface area contributed by atoms with E-state index in [1.807, 2.05) is 60.7 Å². The topological polar surface area (TPSA) is 112 Å². The number of para-hydroxylation sites is 1. The van der Waals surface area contributed by atoms with E-state index < -0.39 is 0 Å². The number of ether oxygens (including phenoxy) is 1. The van der Waals surface area contributed by atoms with Crippen molar-refractivity contribution in [1.29, 1.82) is 5.26 Å². The Morgan fingerprint density at radius 3 is 2.38 bits per heavy atom. The number of hydrogen-bond acceptors (Lipinski definition) is 7. The zero-order valence-electron chi connectivity index (χ0n) is 18.0. The summed E-state index contributed by atoms with van der Waals surface area (Å²) < 4.78 is 5.81. The number of rotatable bonds is 8. The van der Waals surface area contributed by atoms with Gasteiger partial charge in [-0.05, 0) is 60.7 Å². The molecule has 1 amide bonds. The van der Waals surface area contributed by atoms with Crippen molar-refractivity contribution in [2.75, 3.05) is 16.0 Å². The maximum absolute atomic E-state index is 11.5. The molecule has 0 saturated heterocycles. The number of nitrogens with zero attached hydrogens (tertiary/aromatic N) is 3. The molecule has 0 saturated carbocycles. The molecule has 0 spiro atoms. The van der Waals surface area contributed by atoms with Gasteiger partial charge in [0, 0.05) is 17.1 Å². The van der Waals surface area contributed by atoms with Crippen molar-refractivity contribution in [2.45, 2.75) is 0 Å². The first-order valence-corrected chi connectivity index (χ1v) is 10.3. The summed E-state index contributed by atoms with van der Waals surface area (Å²) in [5.41, 5.74) is 2.29. The monoisotopic (exact) mass is 448 g/mol. The van der Waals surface area contributed by atoms with Crippen LogP contribution in [0, 0.1) is 11.3 Å². The molecule has 4 aromatic rings. The Morgan fingerprint density at radius 1 is 0.912 bits per heavy atom. The number of benzene rings is 3. The third kappa shape index (κ3) is 5.75. The van der Waals surface area contributed by atoms with Gasteiger partial charge in [-0.15, -0.1) is 0 Å². The number of aromatic nitrogens is 2. The van der Waals surface area contributed by atoms with E-state index in [2.05, 4.69) is 38.6 Å². The molecule has 8 heteroatoms. The molecule has 0 unspecified atom stereocenters. The molecule has 0 radical (unpaired) electrons. The van der Waals surface area contributed by atoms with Crippen LogP contribution in [0.4, 0.5) is 28.8 Å². The summed E-state index contributed by atoms with van der Waals surface area (Å²) in [4.78, 5) is 20.2. The molecule has 34 heavy (non-hydrogen) atoms. The molecule has 3 aromatic carbocycles. The highest BCUT2D eigenvalue weighted by Crippen LogP contribution is 2.26. The molecule has 1 aromatic heterocycles. The van der Waals surface area contributed by atoms with Gasteiger partial charge < -0.3 is 20.7 Å². The Hall–Kier alpha value is -5.16. The fourth-order valence-corrected chi connectivity index (χ4v) is 2.98. The fourth-order valence-electron chi connectivity index (χ4n) is 2.98. The molecule has 8 nitrogen and oxygen atoms in total. The number of anilines is 5. The molecule has 4 rings (SSSR count). The normalized spacial score (nSPS) is 9.97. The van der Waals surface area contributed by atoms with Gasteiger partial charge in [-0.1, -0.05) is 30.8 Å².